The number of aromatic nitrogens is 2. The molecule has 7 heteroatoms. The van der Waals surface area contributed by atoms with Crippen LogP contribution in [0.15, 0.2) is 39.9 Å². The van der Waals surface area contributed by atoms with Crippen LogP contribution in [0.2, 0.25) is 0 Å². The normalized spacial score (nSPS) is 17.7. The van der Waals surface area contributed by atoms with E-state index in [9.17, 15) is 4.79 Å². The molecule has 0 aliphatic heterocycles. The van der Waals surface area contributed by atoms with Crippen LogP contribution in [0.1, 0.15) is 59.1 Å². The Labute approximate surface area is 173 Å². The molecule has 2 fully saturated rings. The third-order valence-corrected chi connectivity index (χ3v) is 5.51. The van der Waals surface area contributed by atoms with E-state index in [4.69, 9.17) is 4.74 Å². The SMILES string of the molecule is C=N/C(NC1(C)CC1)=C(\C)C(C(=O)N(Cc1cc(OC)ncn1)C1CC1)=C(C)C. The fraction of sp³-hybridized carbons (Fsp3) is 0.545. The lowest BCUT2D eigenvalue weighted by atomic mass is 10.0. The standard InChI is InChI=1S/C22H31N5O2/c1-14(2)19(15(3)20(23-5)26-22(4)9-10-22)21(28)27(17-7-8-17)12-16-11-18(29-6)25-13-24-16/h11,13,17,26H,5,7-10,12H2,1-4,6H3/b20-15-. The number of allylic oxidation sites excluding steroid dienone is 1. The molecule has 0 aromatic carbocycles. The van der Waals surface area contributed by atoms with E-state index in [1.807, 2.05) is 25.7 Å². The number of rotatable bonds is 9. The van der Waals surface area contributed by atoms with Gasteiger partial charge in [0.1, 0.15) is 12.1 Å². The van der Waals surface area contributed by atoms with Gasteiger partial charge in [-0.3, -0.25) is 4.79 Å². The van der Waals surface area contributed by atoms with Gasteiger partial charge >= 0.3 is 0 Å². The van der Waals surface area contributed by atoms with E-state index in [1.165, 1.54) is 6.33 Å². The van der Waals surface area contributed by atoms with Crippen molar-refractivity contribution < 1.29 is 9.53 Å². The second-order valence-corrected chi connectivity index (χ2v) is 8.41. The molecule has 1 N–H and O–H groups in total. The lowest BCUT2D eigenvalue weighted by Crippen LogP contribution is -2.35. The molecular weight excluding hydrogens is 366 g/mol. The van der Waals surface area contributed by atoms with Crippen LogP contribution in [-0.2, 0) is 11.3 Å². The summed E-state index contributed by atoms with van der Waals surface area (Å²) >= 11 is 0. The number of aliphatic imine (C=N–C) groups is 1. The van der Waals surface area contributed by atoms with Crippen molar-refractivity contribution in [2.24, 2.45) is 4.99 Å². The first-order valence-electron chi connectivity index (χ1n) is 10.1. The van der Waals surface area contributed by atoms with Gasteiger partial charge < -0.3 is 15.0 Å². The summed E-state index contributed by atoms with van der Waals surface area (Å²) in [5.41, 5.74) is 3.31. The van der Waals surface area contributed by atoms with Crippen molar-refractivity contribution >= 4 is 12.6 Å². The van der Waals surface area contributed by atoms with Crippen LogP contribution < -0.4 is 10.1 Å². The molecule has 2 aliphatic rings. The summed E-state index contributed by atoms with van der Waals surface area (Å²) in [4.78, 5) is 28.1. The number of nitrogens with one attached hydrogen (secondary N) is 1. The van der Waals surface area contributed by atoms with Gasteiger partial charge in [-0.05, 0) is 60.1 Å². The van der Waals surface area contributed by atoms with Gasteiger partial charge in [0.25, 0.3) is 5.91 Å². The number of carbonyl (C=O) groups is 1. The summed E-state index contributed by atoms with van der Waals surface area (Å²) in [6.07, 6.45) is 5.68. The first kappa shape index (κ1) is 21.0. The maximum absolute atomic E-state index is 13.6. The van der Waals surface area contributed by atoms with Crippen LogP contribution in [0, 0.1) is 0 Å². The van der Waals surface area contributed by atoms with E-state index in [1.54, 1.807) is 13.2 Å². The number of hydrogen-bond acceptors (Lipinski definition) is 6. The Hall–Kier alpha value is -2.70. The Bertz CT molecular complexity index is 862. The van der Waals surface area contributed by atoms with E-state index in [0.29, 0.717) is 23.8 Å². The largest absolute Gasteiger partial charge is 0.481 e. The maximum atomic E-state index is 13.6. The minimum Gasteiger partial charge on any atom is -0.481 e. The molecule has 2 saturated carbocycles. The molecule has 7 nitrogen and oxygen atoms in total. The predicted molar refractivity (Wildman–Crippen MR) is 114 cm³/mol. The average Bonchev–Trinajstić information content (AvgIpc) is 3.62. The van der Waals surface area contributed by atoms with Crippen molar-refractivity contribution in [2.45, 2.75) is 71.5 Å². The van der Waals surface area contributed by atoms with Gasteiger partial charge in [-0.15, -0.1) is 0 Å². The lowest BCUT2D eigenvalue weighted by molar-refractivity contribution is -0.128. The highest BCUT2D eigenvalue weighted by Gasteiger charge is 2.39. The Morgan fingerprint density at radius 3 is 2.55 bits per heavy atom. The molecule has 0 radical (unpaired) electrons. The third kappa shape index (κ3) is 5.02. The van der Waals surface area contributed by atoms with Crippen molar-refractivity contribution in [3.05, 3.63) is 40.6 Å². The van der Waals surface area contributed by atoms with Gasteiger partial charge in [-0.25, -0.2) is 15.0 Å². The van der Waals surface area contributed by atoms with Gasteiger partial charge in [0, 0.05) is 28.8 Å². The molecular formula is C22H31N5O2. The van der Waals surface area contributed by atoms with Crippen LogP contribution >= 0.6 is 0 Å². The van der Waals surface area contributed by atoms with E-state index in [-0.39, 0.29) is 17.5 Å². The van der Waals surface area contributed by atoms with Crippen LogP contribution in [0.5, 0.6) is 5.88 Å². The number of methoxy groups -OCH3 is 1. The number of nitrogens with zero attached hydrogens (tertiary/aromatic N) is 4. The summed E-state index contributed by atoms with van der Waals surface area (Å²) in [6.45, 7) is 12.2. The van der Waals surface area contributed by atoms with Crippen LogP contribution in [-0.4, -0.2) is 46.2 Å². The average molecular weight is 398 g/mol. The van der Waals surface area contributed by atoms with E-state index in [0.717, 1.165) is 42.5 Å². The fourth-order valence-corrected chi connectivity index (χ4v) is 3.36. The van der Waals surface area contributed by atoms with Crippen molar-refractivity contribution in [1.29, 1.82) is 0 Å². The molecule has 29 heavy (non-hydrogen) atoms. The Kier molecular flexibility index (Phi) is 6.05. The lowest BCUT2D eigenvalue weighted by Gasteiger charge is -2.26. The fourth-order valence-electron chi connectivity index (χ4n) is 3.36. The second kappa shape index (κ2) is 8.35. The van der Waals surface area contributed by atoms with Crippen LogP contribution in [0.25, 0.3) is 0 Å². The Balaban J connectivity index is 1.89. The molecule has 1 amide bonds. The van der Waals surface area contributed by atoms with Crippen molar-refractivity contribution in [3.63, 3.8) is 0 Å². The minimum absolute atomic E-state index is 0.00600. The van der Waals surface area contributed by atoms with Gasteiger partial charge in [0.05, 0.1) is 19.3 Å². The van der Waals surface area contributed by atoms with E-state index < -0.39 is 0 Å². The zero-order valence-electron chi connectivity index (χ0n) is 18.1. The van der Waals surface area contributed by atoms with Crippen molar-refractivity contribution in [2.75, 3.05) is 7.11 Å². The summed E-state index contributed by atoms with van der Waals surface area (Å²) in [6, 6.07) is 2.01. The predicted octanol–water partition coefficient (Wildman–Crippen LogP) is 3.39. The molecule has 1 heterocycles. The Morgan fingerprint density at radius 2 is 2.03 bits per heavy atom. The van der Waals surface area contributed by atoms with Gasteiger partial charge in [-0.1, -0.05) is 5.57 Å². The highest BCUT2D eigenvalue weighted by Crippen LogP contribution is 2.37. The molecule has 0 atom stereocenters. The molecule has 0 unspecified atom stereocenters. The Morgan fingerprint density at radius 1 is 1.34 bits per heavy atom. The van der Waals surface area contributed by atoms with Gasteiger partial charge in [-0.2, -0.15) is 0 Å². The molecule has 0 saturated heterocycles. The number of carbonyl (C=O) groups excluding carboxylic acids is 1. The highest BCUT2D eigenvalue weighted by atomic mass is 16.5. The van der Waals surface area contributed by atoms with Gasteiger partial charge in [0.15, 0.2) is 0 Å². The van der Waals surface area contributed by atoms with Crippen LogP contribution in [0.4, 0.5) is 0 Å². The zero-order valence-corrected chi connectivity index (χ0v) is 18.1. The topological polar surface area (TPSA) is 79.7 Å². The molecule has 0 bridgehead atoms. The molecule has 2 aliphatic carbocycles. The smallest absolute Gasteiger partial charge is 0.254 e. The molecule has 3 rings (SSSR count). The maximum Gasteiger partial charge on any atom is 0.254 e. The van der Waals surface area contributed by atoms with E-state index in [2.05, 4.69) is 33.9 Å². The second-order valence-electron chi connectivity index (χ2n) is 8.41. The van der Waals surface area contributed by atoms with E-state index >= 15 is 0 Å². The first-order valence-corrected chi connectivity index (χ1v) is 10.1. The van der Waals surface area contributed by atoms with Crippen molar-refractivity contribution in [1.82, 2.24) is 20.2 Å². The summed E-state index contributed by atoms with van der Waals surface area (Å²) in [5.74, 6) is 1.19. The molecule has 1 aromatic rings. The summed E-state index contributed by atoms with van der Waals surface area (Å²) in [7, 11) is 1.57. The molecule has 1 aromatic heterocycles. The molecule has 156 valence electrons. The first-order chi connectivity index (χ1) is 13.8. The van der Waals surface area contributed by atoms with Crippen molar-refractivity contribution in [3.8, 4) is 5.88 Å². The number of ether oxygens (including phenoxy) is 1. The minimum atomic E-state index is 0.00600. The molecule has 0 spiro atoms. The third-order valence-electron chi connectivity index (χ3n) is 5.51. The number of amides is 1. The van der Waals surface area contributed by atoms with Gasteiger partial charge in [0.2, 0.25) is 5.88 Å². The summed E-state index contributed by atoms with van der Waals surface area (Å²) in [5, 5.41) is 3.46. The highest BCUT2D eigenvalue weighted by molar-refractivity contribution is 5.98. The summed E-state index contributed by atoms with van der Waals surface area (Å²) < 4.78 is 5.20. The monoisotopic (exact) mass is 397 g/mol. The quantitative estimate of drug-likeness (QED) is 0.392. The number of hydrogen-bond donors (Lipinski definition) is 1. The van der Waals surface area contributed by atoms with Crippen LogP contribution in [0.3, 0.4) is 0 Å². The zero-order chi connectivity index (χ0) is 21.2.